The smallest absolute Gasteiger partial charge is 0.253 e. The molecule has 1 heterocycles. The fourth-order valence-electron chi connectivity index (χ4n) is 1.50. The maximum absolute atomic E-state index is 12.7. The van der Waals surface area contributed by atoms with Crippen LogP contribution in [0.25, 0.3) is 0 Å². The number of nitrogen functional groups attached to an aromatic ring is 1. The van der Waals surface area contributed by atoms with Crippen molar-refractivity contribution < 1.29 is 9.18 Å². The van der Waals surface area contributed by atoms with E-state index in [1.165, 1.54) is 18.3 Å². The molecule has 4 N–H and O–H groups in total. The fourth-order valence-corrected chi connectivity index (χ4v) is 1.50. The molecule has 0 radical (unpaired) electrons. The molecule has 0 bridgehead atoms. The summed E-state index contributed by atoms with van der Waals surface area (Å²) in [5, 5.41) is 2.72. The monoisotopic (exact) mass is 260 g/mol. The number of pyridine rings is 1. The van der Waals surface area contributed by atoms with Gasteiger partial charge in [0.15, 0.2) is 0 Å². The number of hydrazine groups is 1. The molecule has 1 amide bonds. The number of carbonyl (C=O) groups is 1. The Morgan fingerprint density at radius 3 is 2.53 bits per heavy atom. The van der Waals surface area contributed by atoms with E-state index in [2.05, 4.69) is 15.7 Å². The number of benzene rings is 1. The van der Waals surface area contributed by atoms with Crippen LogP contribution in [0.5, 0.6) is 0 Å². The van der Waals surface area contributed by atoms with E-state index in [4.69, 9.17) is 5.84 Å². The Balaban J connectivity index is 1.95. The lowest BCUT2D eigenvalue weighted by molar-refractivity contribution is 0.0950. The van der Waals surface area contributed by atoms with Crippen molar-refractivity contribution in [2.45, 2.75) is 6.54 Å². The molecule has 98 valence electrons. The predicted molar refractivity (Wildman–Crippen MR) is 69.6 cm³/mol. The highest BCUT2D eigenvalue weighted by atomic mass is 19.1. The van der Waals surface area contributed by atoms with Crippen molar-refractivity contribution in [3.8, 4) is 0 Å². The van der Waals surface area contributed by atoms with Gasteiger partial charge in [-0.1, -0.05) is 12.1 Å². The lowest BCUT2D eigenvalue weighted by atomic mass is 10.2. The largest absolute Gasteiger partial charge is 0.348 e. The van der Waals surface area contributed by atoms with Crippen LogP contribution in [0.1, 0.15) is 15.9 Å². The Morgan fingerprint density at radius 2 is 1.95 bits per heavy atom. The maximum Gasteiger partial charge on any atom is 0.253 e. The summed E-state index contributed by atoms with van der Waals surface area (Å²) in [7, 11) is 0. The highest BCUT2D eigenvalue weighted by Gasteiger charge is 2.05. The van der Waals surface area contributed by atoms with Gasteiger partial charge in [0.25, 0.3) is 5.91 Å². The normalized spacial score (nSPS) is 10.0. The van der Waals surface area contributed by atoms with E-state index < -0.39 is 0 Å². The third kappa shape index (κ3) is 3.49. The van der Waals surface area contributed by atoms with E-state index in [1.807, 2.05) is 0 Å². The molecule has 0 aliphatic carbocycles. The Morgan fingerprint density at radius 1 is 1.21 bits per heavy atom. The molecule has 0 atom stereocenters. The Kier molecular flexibility index (Phi) is 4.04. The number of nitrogens with zero attached hydrogens (tertiary/aromatic N) is 1. The molecule has 1 aromatic heterocycles. The molecular formula is C13H13FN4O. The van der Waals surface area contributed by atoms with Crippen LogP contribution < -0.4 is 16.6 Å². The quantitative estimate of drug-likeness (QED) is 0.574. The van der Waals surface area contributed by atoms with Crippen LogP contribution in [0.15, 0.2) is 42.6 Å². The number of anilines is 1. The average molecular weight is 260 g/mol. The van der Waals surface area contributed by atoms with Gasteiger partial charge in [0.1, 0.15) is 11.6 Å². The van der Waals surface area contributed by atoms with Gasteiger partial charge in [-0.3, -0.25) is 4.79 Å². The van der Waals surface area contributed by atoms with Gasteiger partial charge < -0.3 is 10.7 Å². The van der Waals surface area contributed by atoms with Gasteiger partial charge in [-0.05, 0) is 29.8 Å². The molecule has 6 heteroatoms. The first-order valence-electron chi connectivity index (χ1n) is 5.64. The first-order chi connectivity index (χ1) is 9.19. The van der Waals surface area contributed by atoms with Crippen molar-refractivity contribution in [1.82, 2.24) is 10.3 Å². The lowest BCUT2D eigenvalue weighted by Gasteiger charge is -2.06. The molecule has 0 spiro atoms. The number of aromatic nitrogens is 1. The number of amides is 1. The maximum atomic E-state index is 12.7. The zero-order valence-corrected chi connectivity index (χ0v) is 10.1. The molecular weight excluding hydrogens is 247 g/mol. The van der Waals surface area contributed by atoms with E-state index in [0.717, 1.165) is 5.56 Å². The van der Waals surface area contributed by atoms with E-state index in [1.54, 1.807) is 24.3 Å². The van der Waals surface area contributed by atoms with E-state index in [-0.39, 0.29) is 11.7 Å². The number of nitrogens with two attached hydrogens (primary N) is 1. The minimum Gasteiger partial charge on any atom is -0.348 e. The summed E-state index contributed by atoms with van der Waals surface area (Å²) < 4.78 is 12.7. The molecule has 0 aliphatic heterocycles. The van der Waals surface area contributed by atoms with Gasteiger partial charge in [-0.15, -0.1) is 0 Å². The number of rotatable bonds is 4. The molecule has 2 rings (SSSR count). The van der Waals surface area contributed by atoms with Gasteiger partial charge in [-0.25, -0.2) is 15.2 Å². The highest BCUT2D eigenvalue weighted by molar-refractivity contribution is 5.93. The van der Waals surface area contributed by atoms with E-state index in [0.29, 0.717) is 17.9 Å². The number of halogens is 1. The van der Waals surface area contributed by atoms with Crippen LogP contribution in [0.3, 0.4) is 0 Å². The zero-order valence-electron chi connectivity index (χ0n) is 10.1. The minimum atomic E-state index is -0.302. The van der Waals surface area contributed by atoms with Crippen molar-refractivity contribution in [2.24, 2.45) is 5.84 Å². The lowest BCUT2D eigenvalue weighted by Crippen LogP contribution is -2.23. The third-order valence-electron chi connectivity index (χ3n) is 2.54. The first-order valence-corrected chi connectivity index (χ1v) is 5.64. The summed E-state index contributed by atoms with van der Waals surface area (Å²) in [6.45, 7) is 0.329. The molecule has 19 heavy (non-hydrogen) atoms. The highest BCUT2D eigenvalue weighted by Crippen LogP contribution is 2.05. The van der Waals surface area contributed by atoms with Gasteiger partial charge in [-0.2, -0.15) is 0 Å². The average Bonchev–Trinajstić information content (AvgIpc) is 2.46. The summed E-state index contributed by atoms with van der Waals surface area (Å²) >= 11 is 0. The molecule has 0 unspecified atom stereocenters. The number of nitrogens with one attached hydrogen (secondary N) is 2. The van der Waals surface area contributed by atoms with Crippen molar-refractivity contribution in [3.63, 3.8) is 0 Å². The van der Waals surface area contributed by atoms with Crippen LogP contribution in [0.2, 0.25) is 0 Å². The second-order valence-electron chi connectivity index (χ2n) is 3.89. The number of hydrogen-bond acceptors (Lipinski definition) is 4. The first kappa shape index (κ1) is 13.0. The summed E-state index contributed by atoms with van der Waals surface area (Å²) in [5.41, 5.74) is 3.63. The van der Waals surface area contributed by atoms with Crippen LogP contribution in [0.4, 0.5) is 10.2 Å². The summed E-state index contributed by atoms with van der Waals surface area (Å²) in [6.07, 6.45) is 1.43. The molecule has 2 aromatic rings. The summed E-state index contributed by atoms with van der Waals surface area (Å²) in [6, 6.07) is 9.16. The number of hydrogen-bond donors (Lipinski definition) is 3. The molecule has 0 aliphatic rings. The summed E-state index contributed by atoms with van der Waals surface area (Å²) in [5.74, 6) is 5.11. The Bertz CT molecular complexity index is 554. The van der Waals surface area contributed by atoms with Crippen molar-refractivity contribution in [3.05, 3.63) is 59.5 Å². The van der Waals surface area contributed by atoms with Gasteiger partial charge >= 0.3 is 0 Å². The molecule has 1 aromatic carbocycles. The SMILES string of the molecule is NNc1ccc(C(=O)NCc2ccc(F)cc2)cn1. The van der Waals surface area contributed by atoms with E-state index in [9.17, 15) is 9.18 Å². The van der Waals surface area contributed by atoms with Crippen molar-refractivity contribution in [1.29, 1.82) is 0 Å². The van der Waals surface area contributed by atoms with Crippen LogP contribution in [-0.2, 0) is 6.54 Å². The van der Waals surface area contributed by atoms with Crippen molar-refractivity contribution >= 4 is 11.7 Å². The second kappa shape index (κ2) is 5.92. The van der Waals surface area contributed by atoms with Gasteiger partial charge in [0.05, 0.1) is 5.56 Å². The topological polar surface area (TPSA) is 80.0 Å². The van der Waals surface area contributed by atoms with Crippen molar-refractivity contribution in [2.75, 3.05) is 5.43 Å². The molecule has 5 nitrogen and oxygen atoms in total. The van der Waals surface area contributed by atoms with Crippen LogP contribution in [-0.4, -0.2) is 10.9 Å². The Labute approximate surface area is 109 Å². The van der Waals surface area contributed by atoms with Gasteiger partial charge in [0.2, 0.25) is 0 Å². The molecule has 0 saturated heterocycles. The predicted octanol–water partition coefficient (Wildman–Crippen LogP) is 1.44. The standard InChI is InChI=1S/C13H13FN4O/c14-11-4-1-9(2-5-11)7-17-13(19)10-3-6-12(18-15)16-8-10/h1-6,8H,7,15H2,(H,16,18)(H,17,19). The van der Waals surface area contributed by atoms with Crippen LogP contribution >= 0.6 is 0 Å². The van der Waals surface area contributed by atoms with Crippen LogP contribution in [0, 0.1) is 5.82 Å². The third-order valence-corrected chi connectivity index (χ3v) is 2.54. The molecule has 0 saturated carbocycles. The fraction of sp³-hybridized carbons (Fsp3) is 0.0769. The summed E-state index contributed by atoms with van der Waals surface area (Å²) in [4.78, 5) is 15.7. The second-order valence-corrected chi connectivity index (χ2v) is 3.89. The van der Waals surface area contributed by atoms with Gasteiger partial charge in [0, 0.05) is 12.7 Å². The minimum absolute atomic E-state index is 0.250. The molecule has 0 fully saturated rings. The zero-order chi connectivity index (χ0) is 13.7. The Hall–Kier alpha value is -2.47. The van der Waals surface area contributed by atoms with E-state index >= 15 is 0 Å². The number of carbonyl (C=O) groups excluding carboxylic acids is 1.